The first-order valence-corrected chi connectivity index (χ1v) is 6.24. The smallest absolute Gasteiger partial charge is 0.219 e. The van der Waals surface area contributed by atoms with Crippen LogP contribution < -0.4 is 0 Å². The van der Waals surface area contributed by atoms with E-state index < -0.39 is 0 Å². The lowest BCUT2D eigenvalue weighted by atomic mass is 10.3. The van der Waals surface area contributed by atoms with Crippen molar-refractivity contribution in [2.75, 3.05) is 7.05 Å². The number of nitrogens with zero attached hydrogens (tertiary/aromatic N) is 4. The molecular weight excluding hydrogens is 296 g/mol. The third kappa shape index (κ3) is 2.95. The van der Waals surface area contributed by atoms with Crippen molar-refractivity contribution in [3.05, 3.63) is 40.6 Å². The minimum absolute atomic E-state index is 0.00758. The second-order valence-electron chi connectivity index (χ2n) is 4.01. The number of hydrogen-bond acceptors (Lipinski definition) is 3. The minimum atomic E-state index is 0.00758. The summed E-state index contributed by atoms with van der Waals surface area (Å²) in [6, 6.07) is 7.77. The van der Waals surface area contributed by atoms with Crippen LogP contribution in [-0.2, 0) is 11.3 Å². The van der Waals surface area contributed by atoms with Crippen molar-refractivity contribution in [1.82, 2.24) is 19.9 Å². The summed E-state index contributed by atoms with van der Waals surface area (Å²) in [5.74, 6) is 0.00758. The van der Waals surface area contributed by atoms with Gasteiger partial charge in [-0.05, 0) is 24.3 Å². The molecule has 6 heteroatoms. The molecule has 0 aliphatic rings. The van der Waals surface area contributed by atoms with Gasteiger partial charge in [0.15, 0.2) is 0 Å². The Kier molecular flexibility index (Phi) is 3.76. The van der Waals surface area contributed by atoms with E-state index in [0.717, 1.165) is 15.9 Å². The van der Waals surface area contributed by atoms with E-state index in [0.29, 0.717) is 6.54 Å². The van der Waals surface area contributed by atoms with Gasteiger partial charge in [0.25, 0.3) is 0 Å². The van der Waals surface area contributed by atoms with E-state index in [-0.39, 0.29) is 5.91 Å². The summed E-state index contributed by atoms with van der Waals surface area (Å²) in [5, 5.41) is 8.09. The van der Waals surface area contributed by atoms with Crippen molar-refractivity contribution in [2.24, 2.45) is 0 Å². The van der Waals surface area contributed by atoms with Gasteiger partial charge in [0.1, 0.15) is 5.69 Å². The molecule has 0 saturated carbocycles. The highest BCUT2D eigenvalue weighted by Crippen LogP contribution is 2.13. The fourth-order valence-electron chi connectivity index (χ4n) is 1.45. The molecule has 0 saturated heterocycles. The highest BCUT2D eigenvalue weighted by Gasteiger charge is 2.07. The summed E-state index contributed by atoms with van der Waals surface area (Å²) >= 11 is 3.38. The molecule has 1 heterocycles. The monoisotopic (exact) mass is 308 g/mol. The third-order valence-electron chi connectivity index (χ3n) is 2.57. The van der Waals surface area contributed by atoms with E-state index >= 15 is 0 Å². The second-order valence-corrected chi connectivity index (χ2v) is 4.92. The summed E-state index contributed by atoms with van der Waals surface area (Å²) in [7, 11) is 1.74. The number of rotatable bonds is 3. The summed E-state index contributed by atoms with van der Waals surface area (Å²) in [4.78, 5) is 12.7. The van der Waals surface area contributed by atoms with E-state index in [1.165, 1.54) is 6.92 Å². The van der Waals surface area contributed by atoms with E-state index in [1.807, 2.05) is 30.5 Å². The van der Waals surface area contributed by atoms with Crippen molar-refractivity contribution in [1.29, 1.82) is 0 Å². The number of halogens is 1. The molecule has 1 aromatic carbocycles. The Labute approximate surface area is 114 Å². The van der Waals surface area contributed by atoms with Crippen LogP contribution in [0, 0.1) is 0 Å². The first-order chi connectivity index (χ1) is 8.56. The molecule has 1 aromatic heterocycles. The molecular formula is C12H13BrN4O. The lowest BCUT2D eigenvalue weighted by Crippen LogP contribution is -2.23. The Hall–Kier alpha value is -1.69. The summed E-state index contributed by atoms with van der Waals surface area (Å²) in [6.45, 7) is 1.99. The predicted molar refractivity (Wildman–Crippen MR) is 71.2 cm³/mol. The quantitative estimate of drug-likeness (QED) is 0.871. The molecule has 0 atom stereocenters. The average Bonchev–Trinajstić information content (AvgIpc) is 2.78. The van der Waals surface area contributed by atoms with Crippen molar-refractivity contribution in [2.45, 2.75) is 13.5 Å². The van der Waals surface area contributed by atoms with Crippen molar-refractivity contribution in [3.8, 4) is 5.69 Å². The largest absolute Gasteiger partial charge is 0.340 e. The van der Waals surface area contributed by atoms with Gasteiger partial charge in [-0.3, -0.25) is 4.79 Å². The third-order valence-corrected chi connectivity index (χ3v) is 3.10. The fraction of sp³-hybridized carbons (Fsp3) is 0.250. The number of hydrogen-bond donors (Lipinski definition) is 0. The van der Waals surface area contributed by atoms with E-state index in [9.17, 15) is 4.79 Å². The first kappa shape index (κ1) is 12.8. The van der Waals surface area contributed by atoms with E-state index in [4.69, 9.17) is 0 Å². The SMILES string of the molecule is CC(=O)N(C)Cc1cn(-c2ccc(Br)cc2)nn1. The zero-order valence-corrected chi connectivity index (χ0v) is 11.8. The molecule has 0 aliphatic carbocycles. The summed E-state index contributed by atoms with van der Waals surface area (Å²) in [5.41, 5.74) is 1.69. The van der Waals surface area contributed by atoms with Gasteiger partial charge in [-0.15, -0.1) is 5.10 Å². The summed E-state index contributed by atoms with van der Waals surface area (Å²) < 4.78 is 2.71. The molecule has 0 fully saturated rings. The molecule has 0 bridgehead atoms. The average molecular weight is 309 g/mol. The Morgan fingerprint density at radius 3 is 2.67 bits per heavy atom. The number of carbonyl (C=O) groups is 1. The molecule has 0 spiro atoms. The Morgan fingerprint density at radius 1 is 1.39 bits per heavy atom. The maximum atomic E-state index is 11.1. The van der Waals surface area contributed by atoms with Crippen LogP contribution in [0.25, 0.3) is 5.69 Å². The Morgan fingerprint density at radius 2 is 2.06 bits per heavy atom. The molecule has 94 valence electrons. The van der Waals surface area contributed by atoms with Crippen LogP contribution >= 0.6 is 15.9 Å². The van der Waals surface area contributed by atoms with Crippen LogP contribution in [0.4, 0.5) is 0 Å². The molecule has 2 rings (SSSR count). The van der Waals surface area contributed by atoms with Gasteiger partial charge in [-0.2, -0.15) is 0 Å². The number of benzene rings is 1. The maximum absolute atomic E-state index is 11.1. The number of aromatic nitrogens is 3. The van der Waals surface area contributed by atoms with Crippen molar-refractivity contribution in [3.63, 3.8) is 0 Å². The second kappa shape index (κ2) is 5.30. The number of carbonyl (C=O) groups excluding carboxylic acids is 1. The van der Waals surface area contributed by atoms with Crippen LogP contribution in [0.3, 0.4) is 0 Å². The van der Waals surface area contributed by atoms with Crippen molar-refractivity contribution < 1.29 is 4.79 Å². The van der Waals surface area contributed by atoms with Crippen LogP contribution in [0.2, 0.25) is 0 Å². The van der Waals surface area contributed by atoms with Gasteiger partial charge in [-0.25, -0.2) is 4.68 Å². The normalized spacial score (nSPS) is 10.4. The summed E-state index contributed by atoms with van der Waals surface area (Å²) in [6.07, 6.45) is 1.82. The zero-order valence-electron chi connectivity index (χ0n) is 10.2. The Balaban J connectivity index is 2.15. The van der Waals surface area contributed by atoms with Gasteiger partial charge in [-0.1, -0.05) is 21.1 Å². The fourth-order valence-corrected chi connectivity index (χ4v) is 1.71. The van der Waals surface area contributed by atoms with Crippen LogP contribution in [0.15, 0.2) is 34.9 Å². The van der Waals surface area contributed by atoms with Gasteiger partial charge in [0.2, 0.25) is 5.91 Å². The Bertz CT molecular complexity index is 549. The van der Waals surface area contributed by atoms with Gasteiger partial charge >= 0.3 is 0 Å². The molecule has 0 unspecified atom stereocenters. The molecule has 2 aromatic rings. The first-order valence-electron chi connectivity index (χ1n) is 5.45. The van der Waals surface area contributed by atoms with Gasteiger partial charge < -0.3 is 4.90 Å². The predicted octanol–water partition coefficient (Wildman–Crippen LogP) is 2.01. The van der Waals surface area contributed by atoms with Crippen LogP contribution in [0.5, 0.6) is 0 Å². The zero-order chi connectivity index (χ0) is 13.1. The highest BCUT2D eigenvalue weighted by molar-refractivity contribution is 9.10. The van der Waals surface area contributed by atoms with E-state index in [2.05, 4.69) is 26.2 Å². The highest BCUT2D eigenvalue weighted by atomic mass is 79.9. The minimum Gasteiger partial charge on any atom is -0.340 e. The van der Waals surface area contributed by atoms with Crippen LogP contribution in [0.1, 0.15) is 12.6 Å². The molecule has 1 amide bonds. The molecule has 5 nitrogen and oxygen atoms in total. The molecule has 0 aliphatic heterocycles. The lowest BCUT2D eigenvalue weighted by Gasteiger charge is -2.11. The standard InChI is InChI=1S/C12H13BrN4O/c1-9(18)16(2)7-11-8-17(15-14-11)12-5-3-10(13)4-6-12/h3-6,8H,7H2,1-2H3. The van der Waals surface area contributed by atoms with Gasteiger partial charge in [0, 0.05) is 18.4 Å². The topological polar surface area (TPSA) is 51.0 Å². The number of amides is 1. The maximum Gasteiger partial charge on any atom is 0.219 e. The molecule has 0 radical (unpaired) electrons. The molecule has 0 N–H and O–H groups in total. The van der Waals surface area contributed by atoms with Gasteiger partial charge in [0.05, 0.1) is 18.4 Å². The van der Waals surface area contributed by atoms with E-state index in [1.54, 1.807) is 16.6 Å². The van der Waals surface area contributed by atoms with Crippen LogP contribution in [-0.4, -0.2) is 32.8 Å². The molecule has 18 heavy (non-hydrogen) atoms. The lowest BCUT2D eigenvalue weighted by molar-refractivity contribution is -0.128. The van der Waals surface area contributed by atoms with Crippen molar-refractivity contribution >= 4 is 21.8 Å².